The maximum Gasteiger partial charge on any atom is 0.307 e. The van der Waals surface area contributed by atoms with Crippen molar-refractivity contribution in [1.29, 1.82) is 0 Å². The first-order chi connectivity index (χ1) is 16.2. The molecule has 5 rings (SSSR count). The Bertz CT molecular complexity index is 1370. The average molecular weight is 456 g/mol. The molecule has 2 atom stereocenters. The van der Waals surface area contributed by atoms with Crippen molar-refractivity contribution in [2.45, 2.75) is 46.8 Å². The zero-order valence-electron chi connectivity index (χ0n) is 19.9. The van der Waals surface area contributed by atoms with E-state index >= 15 is 0 Å². The Morgan fingerprint density at radius 1 is 1.09 bits per heavy atom. The van der Waals surface area contributed by atoms with Crippen LogP contribution in [0.1, 0.15) is 48.0 Å². The molecule has 6 heteroatoms. The Morgan fingerprint density at radius 3 is 2.59 bits per heavy atom. The van der Waals surface area contributed by atoms with E-state index in [4.69, 9.17) is 9.72 Å². The second-order valence-electron chi connectivity index (χ2n) is 9.93. The molecule has 0 saturated heterocycles. The maximum atomic E-state index is 11.9. The number of nitrogens with zero attached hydrogens (tertiary/aromatic N) is 3. The number of hydrogen-bond donors (Lipinski definition) is 1. The van der Waals surface area contributed by atoms with Gasteiger partial charge in [-0.3, -0.25) is 9.78 Å². The zero-order valence-corrected chi connectivity index (χ0v) is 19.9. The molecule has 2 aromatic carbocycles. The summed E-state index contributed by atoms with van der Waals surface area (Å²) in [5, 5.41) is 9.79. The second kappa shape index (κ2) is 8.28. The van der Waals surface area contributed by atoms with E-state index in [1.807, 2.05) is 63.4 Å². The molecule has 0 radical (unpaired) electrons. The molecule has 0 bridgehead atoms. The van der Waals surface area contributed by atoms with Gasteiger partial charge in [0.15, 0.2) is 0 Å². The molecular formula is C28H29N3O3. The number of carbonyl (C=O) groups is 1. The normalized spacial score (nSPS) is 18.7. The fraction of sp³-hybridized carbons (Fsp3) is 0.321. The van der Waals surface area contributed by atoms with Crippen LogP contribution in [0.4, 0.5) is 0 Å². The number of carboxylic acid groups (broad SMARTS) is 1. The average Bonchev–Trinajstić information content (AvgIpc) is 3.21. The van der Waals surface area contributed by atoms with E-state index in [1.165, 1.54) is 5.56 Å². The van der Waals surface area contributed by atoms with Crippen LogP contribution in [0.3, 0.4) is 0 Å². The molecule has 2 heterocycles. The van der Waals surface area contributed by atoms with Crippen molar-refractivity contribution >= 4 is 17.0 Å². The number of rotatable bonds is 7. The van der Waals surface area contributed by atoms with E-state index in [0.717, 1.165) is 39.4 Å². The summed E-state index contributed by atoms with van der Waals surface area (Å²) in [5.74, 6) is 0.217. The highest BCUT2D eigenvalue weighted by Crippen LogP contribution is 2.64. The van der Waals surface area contributed by atoms with Crippen LogP contribution in [-0.4, -0.2) is 25.6 Å². The van der Waals surface area contributed by atoms with Crippen LogP contribution >= 0.6 is 0 Å². The molecule has 34 heavy (non-hydrogen) atoms. The summed E-state index contributed by atoms with van der Waals surface area (Å²) in [6.45, 7) is 9.10. The highest BCUT2D eigenvalue weighted by atomic mass is 16.5. The number of carboxylic acids is 1. The number of aryl methyl sites for hydroxylation is 2. The Balaban J connectivity index is 1.53. The Labute approximate surface area is 199 Å². The van der Waals surface area contributed by atoms with Crippen LogP contribution in [-0.2, 0) is 17.9 Å². The van der Waals surface area contributed by atoms with Gasteiger partial charge in [-0.2, -0.15) is 0 Å². The second-order valence-corrected chi connectivity index (χ2v) is 9.93. The van der Waals surface area contributed by atoms with Crippen molar-refractivity contribution < 1.29 is 14.6 Å². The number of pyridine rings is 1. The molecule has 1 aliphatic carbocycles. The quantitative estimate of drug-likeness (QED) is 0.398. The molecule has 1 N–H and O–H groups in total. The van der Waals surface area contributed by atoms with Gasteiger partial charge in [0.25, 0.3) is 0 Å². The lowest BCUT2D eigenvalue weighted by Crippen LogP contribution is -2.07. The molecule has 0 aliphatic heterocycles. The van der Waals surface area contributed by atoms with Gasteiger partial charge in [0, 0.05) is 24.7 Å². The lowest BCUT2D eigenvalue weighted by Gasteiger charge is -2.12. The van der Waals surface area contributed by atoms with Crippen molar-refractivity contribution in [1.82, 2.24) is 14.5 Å². The van der Waals surface area contributed by atoms with E-state index in [2.05, 4.69) is 34.7 Å². The summed E-state index contributed by atoms with van der Waals surface area (Å²) in [5.41, 5.74) is 5.76. The third kappa shape index (κ3) is 4.04. The maximum absolute atomic E-state index is 11.9. The van der Waals surface area contributed by atoms with Gasteiger partial charge >= 0.3 is 5.97 Å². The Kier molecular flexibility index (Phi) is 5.39. The topological polar surface area (TPSA) is 77.2 Å². The van der Waals surface area contributed by atoms with Gasteiger partial charge < -0.3 is 14.4 Å². The molecule has 1 saturated carbocycles. The molecule has 2 aromatic heterocycles. The van der Waals surface area contributed by atoms with E-state index in [-0.39, 0.29) is 11.3 Å². The fourth-order valence-corrected chi connectivity index (χ4v) is 4.93. The number of aliphatic carboxylic acids is 1. The van der Waals surface area contributed by atoms with Crippen LogP contribution in [0.25, 0.3) is 11.0 Å². The smallest absolute Gasteiger partial charge is 0.307 e. The highest BCUT2D eigenvalue weighted by Gasteiger charge is 2.64. The Hall–Kier alpha value is -3.67. The largest absolute Gasteiger partial charge is 0.487 e. The van der Waals surface area contributed by atoms with Gasteiger partial charge in [-0.1, -0.05) is 49.7 Å². The van der Waals surface area contributed by atoms with Gasteiger partial charge in [-0.25, -0.2) is 4.98 Å². The van der Waals surface area contributed by atoms with Gasteiger partial charge in [-0.15, -0.1) is 0 Å². The standard InChI is InChI=1S/C28H29N3O3/c1-17-6-5-7-19(12-17)15-31-23-13-21(34-16-20-9-8-18(2)14-29-20)10-11-22(23)30-26(31)24-25(27(32)33)28(24,3)4/h5-14,24-25H,15-16H2,1-4H3,(H,32,33)/t24?,25-/m1/s1. The molecule has 174 valence electrons. The fourth-order valence-electron chi connectivity index (χ4n) is 4.93. The van der Waals surface area contributed by atoms with E-state index < -0.39 is 11.9 Å². The van der Waals surface area contributed by atoms with Gasteiger partial charge in [-0.05, 0) is 48.6 Å². The number of benzene rings is 2. The summed E-state index contributed by atoms with van der Waals surface area (Å²) in [4.78, 5) is 21.3. The number of fused-ring (bicyclic) bond motifs is 1. The lowest BCUT2D eigenvalue weighted by atomic mass is 10.1. The van der Waals surface area contributed by atoms with Crippen LogP contribution in [0.15, 0.2) is 60.8 Å². The lowest BCUT2D eigenvalue weighted by molar-refractivity contribution is -0.139. The molecule has 1 unspecified atom stereocenters. The minimum atomic E-state index is -0.765. The monoisotopic (exact) mass is 455 g/mol. The van der Waals surface area contributed by atoms with E-state index in [9.17, 15) is 9.90 Å². The minimum Gasteiger partial charge on any atom is -0.487 e. The number of hydrogen-bond acceptors (Lipinski definition) is 4. The number of ether oxygens (including phenoxy) is 1. The predicted molar refractivity (Wildman–Crippen MR) is 131 cm³/mol. The summed E-state index contributed by atoms with van der Waals surface area (Å²) >= 11 is 0. The summed E-state index contributed by atoms with van der Waals surface area (Å²) in [7, 11) is 0. The van der Waals surface area contributed by atoms with Crippen LogP contribution < -0.4 is 4.74 Å². The van der Waals surface area contributed by atoms with Crippen molar-refractivity contribution in [2.24, 2.45) is 11.3 Å². The van der Waals surface area contributed by atoms with Crippen LogP contribution in [0, 0.1) is 25.2 Å². The van der Waals surface area contributed by atoms with Gasteiger partial charge in [0.2, 0.25) is 0 Å². The van der Waals surface area contributed by atoms with Crippen molar-refractivity contribution in [3.63, 3.8) is 0 Å². The van der Waals surface area contributed by atoms with Gasteiger partial charge in [0.1, 0.15) is 18.2 Å². The molecular weight excluding hydrogens is 426 g/mol. The summed E-state index contributed by atoms with van der Waals surface area (Å²) in [6, 6.07) is 18.2. The Morgan fingerprint density at radius 2 is 1.91 bits per heavy atom. The third-order valence-electron chi connectivity index (χ3n) is 6.90. The molecule has 0 amide bonds. The molecule has 1 fully saturated rings. The predicted octanol–water partition coefficient (Wildman–Crippen LogP) is 5.50. The van der Waals surface area contributed by atoms with Crippen LogP contribution in [0.5, 0.6) is 5.75 Å². The molecule has 0 spiro atoms. The first-order valence-electron chi connectivity index (χ1n) is 11.6. The first kappa shape index (κ1) is 22.1. The molecule has 1 aliphatic rings. The third-order valence-corrected chi connectivity index (χ3v) is 6.90. The van der Waals surface area contributed by atoms with Crippen molar-refractivity contribution in [2.75, 3.05) is 0 Å². The SMILES string of the molecule is Cc1ccc(COc2ccc3nc(C4[C@H](C(=O)O)C4(C)C)n(Cc4cccc(C)c4)c3c2)nc1. The van der Waals surface area contributed by atoms with E-state index in [0.29, 0.717) is 13.2 Å². The first-order valence-corrected chi connectivity index (χ1v) is 11.6. The number of aromatic nitrogens is 3. The molecule has 4 aromatic rings. The number of imidazole rings is 1. The minimum absolute atomic E-state index is 0.136. The summed E-state index contributed by atoms with van der Waals surface area (Å²) in [6.07, 6.45) is 1.83. The van der Waals surface area contributed by atoms with Gasteiger partial charge in [0.05, 0.1) is 22.6 Å². The highest BCUT2D eigenvalue weighted by molar-refractivity contribution is 5.81. The van der Waals surface area contributed by atoms with E-state index in [1.54, 1.807) is 0 Å². The zero-order chi connectivity index (χ0) is 24.0. The van der Waals surface area contributed by atoms with Crippen LogP contribution in [0.2, 0.25) is 0 Å². The van der Waals surface area contributed by atoms with Crippen molar-refractivity contribution in [3.05, 3.63) is 89.0 Å². The molecule has 6 nitrogen and oxygen atoms in total. The van der Waals surface area contributed by atoms with Crippen molar-refractivity contribution in [3.8, 4) is 5.75 Å². The summed E-state index contributed by atoms with van der Waals surface area (Å²) < 4.78 is 8.22.